The van der Waals surface area contributed by atoms with Gasteiger partial charge in [0.15, 0.2) is 6.23 Å². The van der Waals surface area contributed by atoms with Crippen LogP contribution >= 0.6 is 0 Å². The number of hydroxylamine groups is 2. The third kappa shape index (κ3) is 8.72. The molecule has 1 fully saturated rings. The molecule has 0 spiro atoms. The van der Waals surface area contributed by atoms with E-state index in [4.69, 9.17) is 9.57 Å². The summed E-state index contributed by atoms with van der Waals surface area (Å²) in [6.45, 7) is 6.90. The fourth-order valence-corrected chi connectivity index (χ4v) is 2.39. The third-order valence-electron chi connectivity index (χ3n) is 3.57. The summed E-state index contributed by atoms with van der Waals surface area (Å²) in [5.74, 6) is -1.73. The van der Waals surface area contributed by atoms with Crippen molar-refractivity contribution in [2.24, 2.45) is 0 Å². The molecule has 1 unspecified atom stereocenters. The monoisotopic (exact) mass is 387 g/mol. The molecule has 0 bridgehead atoms. The maximum absolute atomic E-state index is 12.2. The summed E-state index contributed by atoms with van der Waals surface area (Å²) in [7, 11) is 0. The molecule has 1 heterocycles. The van der Waals surface area contributed by atoms with Crippen LogP contribution in [0, 0.1) is 0 Å². The highest BCUT2D eigenvalue weighted by molar-refractivity contribution is 5.85. The minimum absolute atomic E-state index is 0.0928. The van der Waals surface area contributed by atoms with Gasteiger partial charge < -0.3 is 25.3 Å². The number of nitrogens with zero attached hydrogens (tertiary/aromatic N) is 1. The highest BCUT2D eigenvalue weighted by Crippen LogP contribution is 2.17. The van der Waals surface area contributed by atoms with Crippen LogP contribution in [0.3, 0.4) is 0 Å². The van der Waals surface area contributed by atoms with Gasteiger partial charge >= 0.3 is 12.1 Å². The van der Waals surface area contributed by atoms with Gasteiger partial charge in [0.1, 0.15) is 11.6 Å². The second-order valence-electron chi connectivity index (χ2n) is 7.33. The first-order valence-electron chi connectivity index (χ1n) is 8.95. The molecule has 2 atom stereocenters. The van der Waals surface area contributed by atoms with Gasteiger partial charge in [0.05, 0.1) is 0 Å². The summed E-state index contributed by atoms with van der Waals surface area (Å²) >= 11 is 0. The molecule has 0 aromatic carbocycles. The van der Waals surface area contributed by atoms with E-state index in [0.717, 1.165) is 0 Å². The van der Waals surface area contributed by atoms with E-state index in [9.17, 15) is 24.3 Å². The van der Waals surface area contributed by atoms with Crippen molar-refractivity contribution in [1.29, 1.82) is 0 Å². The van der Waals surface area contributed by atoms with Crippen LogP contribution in [0.15, 0.2) is 0 Å². The quantitative estimate of drug-likeness (QED) is 0.519. The molecule has 1 saturated heterocycles. The number of carbonyl (C=O) groups excluding carboxylic acids is 4. The Hall–Kier alpha value is -2.36. The van der Waals surface area contributed by atoms with Crippen LogP contribution in [0.4, 0.5) is 4.79 Å². The Morgan fingerprint density at radius 2 is 1.96 bits per heavy atom. The average molecular weight is 387 g/mol. The summed E-state index contributed by atoms with van der Waals surface area (Å²) in [6, 6.07) is -0.954. The number of hydrogen-bond donors (Lipinski definition) is 3. The van der Waals surface area contributed by atoms with Gasteiger partial charge in [-0.1, -0.05) is 0 Å². The maximum atomic E-state index is 12.2. The second-order valence-corrected chi connectivity index (χ2v) is 7.33. The van der Waals surface area contributed by atoms with Crippen molar-refractivity contribution in [1.82, 2.24) is 15.7 Å². The molecule has 154 valence electrons. The van der Waals surface area contributed by atoms with Crippen molar-refractivity contribution in [3.63, 3.8) is 0 Å². The number of alkyl carbamates (subject to hydrolysis) is 1. The lowest BCUT2D eigenvalue weighted by atomic mass is 10.1. The zero-order valence-electron chi connectivity index (χ0n) is 16.2. The zero-order chi connectivity index (χ0) is 20.6. The Morgan fingerprint density at radius 1 is 1.30 bits per heavy atom. The molecule has 27 heavy (non-hydrogen) atoms. The fourth-order valence-electron chi connectivity index (χ4n) is 2.39. The predicted octanol–water partition coefficient (Wildman–Crippen LogP) is 0.585. The Balaban J connectivity index is 2.41. The number of amides is 3. The largest absolute Gasteiger partial charge is 0.444 e. The molecular weight excluding hydrogens is 358 g/mol. The topological polar surface area (TPSA) is 134 Å². The molecular formula is C17H29N3O7. The molecule has 10 nitrogen and oxygen atoms in total. The molecule has 0 aromatic rings. The van der Waals surface area contributed by atoms with E-state index in [1.165, 1.54) is 6.92 Å². The van der Waals surface area contributed by atoms with Gasteiger partial charge in [0.2, 0.25) is 5.91 Å². The maximum Gasteiger partial charge on any atom is 0.407 e. The van der Waals surface area contributed by atoms with E-state index < -0.39 is 41.7 Å². The number of hydrogen-bond acceptors (Lipinski definition) is 7. The number of carbonyl (C=O) groups is 4. The highest BCUT2D eigenvalue weighted by atomic mass is 16.7. The molecule has 1 rings (SSSR count). The first kappa shape index (κ1) is 22.7. The minimum Gasteiger partial charge on any atom is -0.444 e. The molecule has 10 heteroatoms. The summed E-state index contributed by atoms with van der Waals surface area (Å²) in [5.41, 5.74) is -0.581. The van der Waals surface area contributed by atoms with E-state index in [1.54, 1.807) is 20.8 Å². The van der Waals surface area contributed by atoms with Crippen molar-refractivity contribution >= 4 is 23.9 Å². The summed E-state index contributed by atoms with van der Waals surface area (Å²) in [4.78, 5) is 51.6. The fraction of sp³-hybridized carbons (Fsp3) is 0.765. The van der Waals surface area contributed by atoms with Crippen LogP contribution in [0.2, 0.25) is 0 Å². The smallest absolute Gasteiger partial charge is 0.407 e. The van der Waals surface area contributed by atoms with Gasteiger partial charge in [-0.05, 0) is 40.0 Å². The number of aliphatic hydroxyl groups is 1. The number of ether oxygens (including phenoxy) is 1. The molecule has 0 radical (unpaired) electrons. The Labute approximate surface area is 158 Å². The lowest BCUT2D eigenvalue weighted by Crippen LogP contribution is -2.45. The molecule has 1 aliphatic rings. The van der Waals surface area contributed by atoms with Crippen LogP contribution in [0.5, 0.6) is 0 Å². The highest BCUT2D eigenvalue weighted by Gasteiger charge is 2.35. The standard InChI is InChI=1S/C17H29N3O7/c1-11(21)19-12(15(24)27-20-13(22)8-9-14(20)23)7-5-6-10-18-16(25)26-17(2,3)4/h12-13,22H,5-10H2,1-4H3,(H,18,25)(H,19,21)/t12-,13?/m0/s1. The van der Waals surface area contributed by atoms with Gasteiger partial charge in [-0.15, -0.1) is 5.06 Å². The number of rotatable bonds is 8. The molecule has 0 saturated carbocycles. The predicted molar refractivity (Wildman–Crippen MR) is 93.9 cm³/mol. The zero-order valence-corrected chi connectivity index (χ0v) is 16.2. The lowest BCUT2D eigenvalue weighted by Gasteiger charge is -2.23. The number of nitrogens with one attached hydrogen (secondary N) is 2. The van der Waals surface area contributed by atoms with Crippen molar-refractivity contribution in [2.45, 2.75) is 77.7 Å². The first-order valence-corrected chi connectivity index (χ1v) is 8.95. The summed E-state index contributed by atoms with van der Waals surface area (Å²) in [5, 5.41) is 15.4. The van der Waals surface area contributed by atoms with Crippen molar-refractivity contribution < 1.29 is 33.9 Å². The van der Waals surface area contributed by atoms with Gasteiger partial charge in [-0.25, -0.2) is 9.59 Å². The summed E-state index contributed by atoms with van der Waals surface area (Å²) in [6.07, 6.45) is -0.102. The molecule has 0 aliphatic carbocycles. The van der Waals surface area contributed by atoms with Gasteiger partial charge in [-0.3, -0.25) is 9.59 Å². The van der Waals surface area contributed by atoms with E-state index in [0.29, 0.717) is 24.4 Å². The molecule has 1 aliphatic heterocycles. The Kier molecular flexibility index (Phi) is 8.48. The van der Waals surface area contributed by atoms with E-state index in [2.05, 4.69) is 10.6 Å². The summed E-state index contributed by atoms with van der Waals surface area (Å²) < 4.78 is 5.11. The first-order chi connectivity index (χ1) is 12.5. The van der Waals surface area contributed by atoms with Crippen LogP contribution in [-0.2, 0) is 24.0 Å². The van der Waals surface area contributed by atoms with Gasteiger partial charge in [0.25, 0.3) is 5.91 Å². The number of unbranched alkanes of at least 4 members (excludes halogenated alkanes) is 1. The van der Waals surface area contributed by atoms with Crippen LogP contribution < -0.4 is 10.6 Å². The van der Waals surface area contributed by atoms with Crippen LogP contribution in [-0.4, -0.2) is 58.5 Å². The van der Waals surface area contributed by atoms with E-state index in [1.807, 2.05) is 0 Å². The Bertz CT molecular complexity index is 559. The minimum atomic E-state index is -1.17. The van der Waals surface area contributed by atoms with Crippen LogP contribution in [0.25, 0.3) is 0 Å². The molecule has 0 aromatic heterocycles. The molecule has 3 amide bonds. The van der Waals surface area contributed by atoms with E-state index in [-0.39, 0.29) is 19.3 Å². The molecule has 3 N–H and O–H groups in total. The third-order valence-corrected chi connectivity index (χ3v) is 3.57. The normalized spacial score (nSPS) is 18.0. The van der Waals surface area contributed by atoms with E-state index >= 15 is 0 Å². The SMILES string of the molecule is CC(=O)N[C@@H](CCCCNC(=O)OC(C)(C)C)C(=O)ON1C(=O)CCC1O. The average Bonchev–Trinajstić information content (AvgIpc) is 2.83. The Morgan fingerprint density at radius 3 is 2.48 bits per heavy atom. The van der Waals surface area contributed by atoms with Gasteiger partial charge in [0, 0.05) is 26.3 Å². The van der Waals surface area contributed by atoms with Gasteiger partial charge in [-0.2, -0.15) is 0 Å². The van der Waals surface area contributed by atoms with Crippen molar-refractivity contribution in [3.05, 3.63) is 0 Å². The second kappa shape index (κ2) is 10.1. The van der Waals surface area contributed by atoms with Crippen LogP contribution in [0.1, 0.15) is 59.8 Å². The lowest BCUT2D eigenvalue weighted by molar-refractivity contribution is -0.222. The number of aliphatic hydroxyl groups excluding tert-OH is 1. The van der Waals surface area contributed by atoms with Crippen molar-refractivity contribution in [2.75, 3.05) is 6.54 Å². The van der Waals surface area contributed by atoms with Crippen molar-refractivity contribution in [3.8, 4) is 0 Å².